The van der Waals surface area contributed by atoms with E-state index in [0.717, 1.165) is 12.5 Å². The highest BCUT2D eigenvalue weighted by Crippen LogP contribution is 2.32. The van der Waals surface area contributed by atoms with Crippen LogP contribution < -0.4 is 0 Å². The number of aliphatic hydroxyl groups is 1. The first kappa shape index (κ1) is 15.1. The smallest absolute Gasteiger partial charge is 0.177 e. The molecule has 0 aromatic heterocycles. The molecule has 1 aromatic carbocycles. The van der Waals surface area contributed by atoms with E-state index in [1.165, 1.54) is 32.0 Å². The second-order valence-corrected chi connectivity index (χ2v) is 8.67. The molecule has 0 saturated carbocycles. The van der Waals surface area contributed by atoms with E-state index in [1.807, 2.05) is 0 Å². The van der Waals surface area contributed by atoms with Crippen LogP contribution in [0.25, 0.3) is 0 Å². The molecule has 1 N–H and O–H groups in total. The first-order valence-corrected chi connectivity index (χ1v) is 8.89. The molecular weight excluding hydrogens is 276 g/mol. The lowest BCUT2D eigenvalue weighted by molar-refractivity contribution is 0.0750. The Bertz CT molecular complexity index is 664. The van der Waals surface area contributed by atoms with Crippen molar-refractivity contribution in [3.8, 4) is 0 Å². The molecule has 0 heterocycles. The monoisotopic (exact) mass is 292 g/mol. The van der Waals surface area contributed by atoms with E-state index in [0.29, 0.717) is 0 Å². The van der Waals surface area contributed by atoms with E-state index in [4.69, 9.17) is 0 Å². The zero-order valence-corrected chi connectivity index (χ0v) is 12.3. The van der Waals surface area contributed by atoms with Gasteiger partial charge < -0.3 is 5.11 Å². The Morgan fingerprint density at radius 2 is 1.50 bits per heavy atom. The van der Waals surface area contributed by atoms with Gasteiger partial charge in [0.2, 0.25) is 0 Å². The van der Waals surface area contributed by atoms with Gasteiger partial charge in [-0.25, -0.2) is 16.8 Å². The average Bonchev–Trinajstić information content (AvgIpc) is 2.12. The topological polar surface area (TPSA) is 88.5 Å². The highest BCUT2D eigenvalue weighted by molar-refractivity contribution is 7.93. The van der Waals surface area contributed by atoms with Crippen LogP contribution in [0.1, 0.15) is 19.4 Å². The Kier molecular flexibility index (Phi) is 3.64. The predicted molar refractivity (Wildman–Crippen MR) is 67.9 cm³/mol. The molecule has 0 fully saturated rings. The lowest BCUT2D eigenvalue weighted by Gasteiger charge is -2.22. The van der Waals surface area contributed by atoms with Gasteiger partial charge >= 0.3 is 0 Å². The Morgan fingerprint density at radius 1 is 1.00 bits per heavy atom. The maximum absolute atomic E-state index is 11.8. The van der Waals surface area contributed by atoms with Crippen LogP contribution in [0, 0.1) is 0 Å². The van der Waals surface area contributed by atoms with Gasteiger partial charge in [0.1, 0.15) is 0 Å². The summed E-state index contributed by atoms with van der Waals surface area (Å²) < 4.78 is 46.9. The van der Waals surface area contributed by atoms with Crippen molar-refractivity contribution in [3.63, 3.8) is 0 Å². The van der Waals surface area contributed by atoms with Crippen molar-refractivity contribution in [3.05, 3.63) is 23.8 Å². The molecule has 0 aliphatic carbocycles. The summed E-state index contributed by atoms with van der Waals surface area (Å²) in [6.07, 6.45) is 1.86. The van der Waals surface area contributed by atoms with Crippen LogP contribution in [0.3, 0.4) is 0 Å². The summed E-state index contributed by atoms with van der Waals surface area (Å²) in [4.78, 5) is -0.621. The van der Waals surface area contributed by atoms with Gasteiger partial charge in [-0.1, -0.05) is 12.1 Å². The average molecular weight is 292 g/mol. The minimum Gasteiger partial charge on any atom is -0.386 e. The van der Waals surface area contributed by atoms with Crippen LogP contribution in [0.4, 0.5) is 0 Å². The second-order valence-electron chi connectivity index (χ2n) is 4.74. The molecular formula is C11H16O5S2. The van der Waals surface area contributed by atoms with E-state index in [2.05, 4.69) is 0 Å². The summed E-state index contributed by atoms with van der Waals surface area (Å²) in [5.41, 5.74) is -1.37. The molecule has 18 heavy (non-hydrogen) atoms. The Labute approximate surface area is 107 Å². The van der Waals surface area contributed by atoms with Gasteiger partial charge in [0, 0.05) is 18.1 Å². The molecule has 0 aliphatic rings. The van der Waals surface area contributed by atoms with Crippen molar-refractivity contribution < 1.29 is 21.9 Å². The van der Waals surface area contributed by atoms with Crippen LogP contribution in [-0.2, 0) is 25.3 Å². The fourth-order valence-corrected chi connectivity index (χ4v) is 4.50. The maximum atomic E-state index is 11.8. The molecule has 102 valence electrons. The second kappa shape index (κ2) is 4.32. The van der Waals surface area contributed by atoms with Gasteiger partial charge in [-0.05, 0) is 19.9 Å². The van der Waals surface area contributed by atoms with Gasteiger partial charge in [-0.15, -0.1) is 0 Å². The Hall–Kier alpha value is -0.920. The maximum Gasteiger partial charge on any atom is 0.177 e. The van der Waals surface area contributed by atoms with E-state index in [9.17, 15) is 21.9 Å². The minimum atomic E-state index is -3.77. The molecule has 0 unspecified atom stereocenters. The summed E-state index contributed by atoms with van der Waals surface area (Å²) in [5.74, 6) is 0. The van der Waals surface area contributed by atoms with E-state index in [-0.39, 0.29) is 15.4 Å². The summed E-state index contributed by atoms with van der Waals surface area (Å²) >= 11 is 0. The lowest BCUT2D eigenvalue weighted by atomic mass is 9.98. The van der Waals surface area contributed by atoms with Gasteiger partial charge in [0.15, 0.2) is 19.7 Å². The predicted octanol–water partition coefficient (Wildman–Crippen LogP) is 0.721. The Morgan fingerprint density at radius 3 is 1.83 bits per heavy atom. The van der Waals surface area contributed by atoms with Crippen molar-refractivity contribution in [2.75, 3.05) is 12.5 Å². The first-order chi connectivity index (χ1) is 7.85. The van der Waals surface area contributed by atoms with Crippen molar-refractivity contribution in [2.45, 2.75) is 29.2 Å². The molecule has 0 atom stereocenters. The van der Waals surface area contributed by atoms with Crippen molar-refractivity contribution in [2.24, 2.45) is 0 Å². The van der Waals surface area contributed by atoms with Crippen molar-refractivity contribution in [1.29, 1.82) is 0 Å². The van der Waals surface area contributed by atoms with Crippen molar-refractivity contribution in [1.82, 2.24) is 0 Å². The fourth-order valence-electron chi connectivity index (χ4n) is 1.67. The molecule has 7 heteroatoms. The molecule has 0 amide bonds. The minimum absolute atomic E-state index is 0.0768. The van der Waals surface area contributed by atoms with Crippen LogP contribution >= 0.6 is 0 Å². The summed E-state index contributed by atoms with van der Waals surface area (Å²) in [6.45, 7) is 2.81. The highest BCUT2D eigenvalue weighted by Gasteiger charge is 2.30. The van der Waals surface area contributed by atoms with E-state index >= 15 is 0 Å². The molecule has 0 saturated heterocycles. The molecule has 5 nitrogen and oxygen atoms in total. The largest absolute Gasteiger partial charge is 0.386 e. The molecule has 0 bridgehead atoms. The molecule has 0 aliphatic heterocycles. The molecule has 1 rings (SSSR count). The zero-order chi connectivity index (χ0) is 14.4. The number of rotatable bonds is 3. The molecule has 0 radical (unpaired) electrons. The van der Waals surface area contributed by atoms with Gasteiger partial charge in [0.25, 0.3) is 0 Å². The first-order valence-electron chi connectivity index (χ1n) is 5.11. The van der Waals surface area contributed by atoms with Crippen LogP contribution in [0.15, 0.2) is 28.0 Å². The van der Waals surface area contributed by atoms with Crippen LogP contribution in [0.2, 0.25) is 0 Å². The Balaban J connectivity index is 3.91. The molecule has 1 aromatic rings. The number of hydrogen-bond donors (Lipinski definition) is 1. The SMILES string of the molecule is CC(C)(O)c1cccc(S(C)(=O)=O)c1S(C)(=O)=O. The number of benzene rings is 1. The number of sulfone groups is 2. The summed E-state index contributed by atoms with van der Waals surface area (Å²) in [7, 11) is -7.46. The fraction of sp³-hybridized carbons (Fsp3) is 0.455. The lowest BCUT2D eigenvalue weighted by Crippen LogP contribution is -2.21. The summed E-state index contributed by atoms with van der Waals surface area (Å²) in [5, 5.41) is 9.96. The van der Waals surface area contributed by atoms with E-state index in [1.54, 1.807) is 0 Å². The van der Waals surface area contributed by atoms with Gasteiger partial charge in [0.05, 0.1) is 15.4 Å². The highest BCUT2D eigenvalue weighted by atomic mass is 32.2. The van der Waals surface area contributed by atoms with E-state index < -0.39 is 25.3 Å². The third-order valence-corrected chi connectivity index (χ3v) is 4.86. The van der Waals surface area contributed by atoms with Crippen LogP contribution in [-0.4, -0.2) is 34.5 Å². The third-order valence-electron chi connectivity index (χ3n) is 2.41. The zero-order valence-electron chi connectivity index (χ0n) is 10.6. The van der Waals surface area contributed by atoms with Gasteiger partial charge in [-0.2, -0.15) is 0 Å². The van der Waals surface area contributed by atoms with Gasteiger partial charge in [-0.3, -0.25) is 0 Å². The standard InChI is InChI=1S/C11H16O5S2/c1-11(2,12)8-6-5-7-9(17(3,13)14)10(8)18(4,15)16/h5-7,12H,1-4H3. The quantitative estimate of drug-likeness (QED) is 0.887. The normalized spacial score (nSPS) is 13.6. The van der Waals surface area contributed by atoms with Crippen molar-refractivity contribution >= 4 is 19.7 Å². The molecule has 0 spiro atoms. The summed E-state index contributed by atoms with van der Waals surface area (Å²) in [6, 6.07) is 4.05. The van der Waals surface area contributed by atoms with Crippen LogP contribution in [0.5, 0.6) is 0 Å². The number of hydrogen-bond acceptors (Lipinski definition) is 5. The third kappa shape index (κ3) is 3.09.